The third kappa shape index (κ3) is 4.85. The van der Waals surface area contributed by atoms with Gasteiger partial charge in [0.05, 0.1) is 13.2 Å². The molecule has 7 nitrogen and oxygen atoms in total. The van der Waals surface area contributed by atoms with Crippen LogP contribution in [0.25, 0.3) is 0 Å². The Labute approximate surface area is 172 Å². The highest BCUT2D eigenvalue weighted by atomic mass is 16.5. The Morgan fingerprint density at radius 3 is 2.45 bits per heavy atom. The van der Waals surface area contributed by atoms with Crippen molar-refractivity contribution in [1.82, 2.24) is 14.9 Å². The van der Waals surface area contributed by atoms with E-state index in [2.05, 4.69) is 39.2 Å². The van der Waals surface area contributed by atoms with E-state index in [-0.39, 0.29) is 5.91 Å². The van der Waals surface area contributed by atoms with Crippen LogP contribution in [-0.4, -0.2) is 60.2 Å². The van der Waals surface area contributed by atoms with Crippen LogP contribution in [0.1, 0.15) is 35.9 Å². The number of aromatic nitrogens is 2. The number of nitrogens with zero attached hydrogens (tertiary/aromatic N) is 4. The molecule has 0 unspecified atom stereocenters. The topological polar surface area (TPSA) is 70.6 Å². The zero-order valence-electron chi connectivity index (χ0n) is 17.2. The van der Waals surface area contributed by atoms with Gasteiger partial charge in [0.1, 0.15) is 5.69 Å². The molecule has 0 saturated carbocycles. The maximum absolute atomic E-state index is 12.7. The predicted molar refractivity (Wildman–Crippen MR) is 114 cm³/mol. The molecule has 154 valence electrons. The third-order valence-corrected chi connectivity index (χ3v) is 5.64. The van der Waals surface area contributed by atoms with E-state index in [1.165, 1.54) is 18.5 Å². The summed E-state index contributed by atoms with van der Waals surface area (Å²) in [6.45, 7) is 8.77. The maximum atomic E-state index is 12.7. The first kappa shape index (κ1) is 19.6. The van der Waals surface area contributed by atoms with Crippen LogP contribution in [0.5, 0.6) is 0 Å². The van der Waals surface area contributed by atoms with Gasteiger partial charge in [-0.2, -0.15) is 0 Å². The van der Waals surface area contributed by atoms with Crippen LogP contribution in [0.3, 0.4) is 0 Å². The molecule has 2 aliphatic heterocycles. The largest absolute Gasteiger partial charge is 0.378 e. The Bertz CT molecular complexity index is 841. The number of carbonyl (C=O) groups is 1. The lowest BCUT2D eigenvalue weighted by molar-refractivity contribution is 0.0299. The number of aryl methyl sites for hydroxylation is 1. The molecule has 1 N–H and O–H groups in total. The van der Waals surface area contributed by atoms with Crippen LogP contribution in [-0.2, 0) is 4.74 Å². The summed E-state index contributed by atoms with van der Waals surface area (Å²) < 4.78 is 5.33. The van der Waals surface area contributed by atoms with Crippen LogP contribution in [0.15, 0.2) is 30.3 Å². The molecular formula is C22H29N5O2. The van der Waals surface area contributed by atoms with E-state index in [4.69, 9.17) is 4.74 Å². The van der Waals surface area contributed by atoms with Gasteiger partial charge in [0.25, 0.3) is 5.91 Å². The van der Waals surface area contributed by atoms with Crippen molar-refractivity contribution in [3.63, 3.8) is 0 Å². The number of hydrogen-bond acceptors (Lipinski definition) is 6. The van der Waals surface area contributed by atoms with Crippen molar-refractivity contribution in [2.45, 2.75) is 26.7 Å². The van der Waals surface area contributed by atoms with Crippen molar-refractivity contribution in [3.8, 4) is 0 Å². The van der Waals surface area contributed by atoms with Crippen LogP contribution < -0.4 is 10.2 Å². The first-order valence-corrected chi connectivity index (χ1v) is 10.4. The van der Waals surface area contributed by atoms with Crippen LogP contribution in [0.2, 0.25) is 0 Å². The first-order valence-electron chi connectivity index (χ1n) is 10.4. The Balaban J connectivity index is 1.45. The Morgan fingerprint density at radius 1 is 1.07 bits per heavy atom. The average Bonchev–Trinajstić information content (AvgIpc) is 2.75. The number of morpholine rings is 1. The number of anilines is 3. The molecule has 1 aromatic heterocycles. The molecule has 2 aliphatic rings. The number of rotatable bonds is 4. The highest BCUT2D eigenvalue weighted by Gasteiger charge is 2.21. The molecule has 29 heavy (non-hydrogen) atoms. The van der Waals surface area contributed by atoms with Gasteiger partial charge in [-0.05, 0) is 56.0 Å². The van der Waals surface area contributed by atoms with Gasteiger partial charge >= 0.3 is 0 Å². The number of ether oxygens (including phenoxy) is 1. The van der Waals surface area contributed by atoms with Crippen LogP contribution in [0, 0.1) is 12.8 Å². The minimum absolute atomic E-state index is 0.0727. The number of amides is 1. The smallest absolute Gasteiger partial charge is 0.272 e. The van der Waals surface area contributed by atoms with Crippen LogP contribution >= 0.6 is 0 Å². The van der Waals surface area contributed by atoms with E-state index >= 15 is 0 Å². The maximum Gasteiger partial charge on any atom is 0.272 e. The van der Waals surface area contributed by atoms with Gasteiger partial charge in [0.15, 0.2) is 0 Å². The molecule has 0 radical (unpaired) electrons. The highest BCUT2D eigenvalue weighted by molar-refractivity contribution is 5.92. The summed E-state index contributed by atoms with van der Waals surface area (Å²) in [7, 11) is 0. The van der Waals surface area contributed by atoms with E-state index in [1.807, 2.05) is 19.1 Å². The molecule has 4 rings (SSSR count). The van der Waals surface area contributed by atoms with E-state index in [9.17, 15) is 4.79 Å². The number of hydrogen-bond donors (Lipinski definition) is 1. The fourth-order valence-corrected chi connectivity index (χ4v) is 3.81. The summed E-state index contributed by atoms with van der Waals surface area (Å²) in [4.78, 5) is 25.9. The number of benzene rings is 1. The van der Waals surface area contributed by atoms with Gasteiger partial charge in [0.2, 0.25) is 5.95 Å². The van der Waals surface area contributed by atoms with Crippen molar-refractivity contribution >= 4 is 23.2 Å². The van der Waals surface area contributed by atoms with Gasteiger partial charge in [-0.25, -0.2) is 9.97 Å². The molecule has 0 bridgehead atoms. The Morgan fingerprint density at radius 2 is 1.76 bits per heavy atom. The molecule has 0 atom stereocenters. The second-order valence-corrected chi connectivity index (χ2v) is 7.96. The molecule has 1 amide bonds. The first-order chi connectivity index (χ1) is 14.1. The third-order valence-electron chi connectivity index (χ3n) is 5.64. The quantitative estimate of drug-likeness (QED) is 0.857. The molecule has 7 heteroatoms. The summed E-state index contributed by atoms with van der Waals surface area (Å²) in [5, 5.41) is 3.24. The molecule has 1 aromatic carbocycles. The fraction of sp³-hybridized carbons (Fsp3) is 0.500. The van der Waals surface area contributed by atoms with Gasteiger partial charge in [-0.15, -0.1) is 0 Å². The molecule has 2 aromatic rings. The number of carbonyl (C=O) groups excluding carboxylic acids is 1. The number of nitrogens with one attached hydrogen (secondary N) is 1. The average molecular weight is 396 g/mol. The molecule has 0 spiro atoms. The second-order valence-electron chi connectivity index (χ2n) is 7.96. The highest BCUT2D eigenvalue weighted by Crippen LogP contribution is 2.25. The lowest BCUT2D eigenvalue weighted by Crippen LogP contribution is -2.41. The molecule has 2 saturated heterocycles. The SMILES string of the molecule is Cc1cc(C(=O)N2CCOCC2)nc(Nc2ccc(N3CCC(C)CC3)cc2)n1. The minimum atomic E-state index is -0.0727. The van der Waals surface area contributed by atoms with Gasteiger partial charge < -0.3 is 19.9 Å². The van der Waals surface area contributed by atoms with Gasteiger partial charge in [-0.3, -0.25) is 4.79 Å². The van der Waals surface area contributed by atoms with E-state index in [1.54, 1.807) is 11.0 Å². The van der Waals surface area contributed by atoms with Crippen molar-refractivity contribution in [3.05, 3.63) is 41.7 Å². The summed E-state index contributed by atoms with van der Waals surface area (Å²) >= 11 is 0. The Kier molecular flexibility index (Phi) is 5.94. The summed E-state index contributed by atoms with van der Waals surface area (Å²) in [5.74, 6) is 1.19. The summed E-state index contributed by atoms with van der Waals surface area (Å²) in [6, 6.07) is 10.1. The molecule has 0 aliphatic carbocycles. The summed E-state index contributed by atoms with van der Waals surface area (Å²) in [5.41, 5.74) is 3.34. The fourth-order valence-electron chi connectivity index (χ4n) is 3.81. The van der Waals surface area contributed by atoms with Crippen LogP contribution in [0.4, 0.5) is 17.3 Å². The van der Waals surface area contributed by atoms with Gasteiger partial charge in [0, 0.05) is 43.2 Å². The lowest BCUT2D eigenvalue weighted by Gasteiger charge is -2.32. The second kappa shape index (κ2) is 8.78. The zero-order valence-corrected chi connectivity index (χ0v) is 17.2. The van der Waals surface area contributed by atoms with E-state index in [0.29, 0.717) is 37.9 Å². The van der Waals surface area contributed by atoms with Crippen molar-refractivity contribution in [2.24, 2.45) is 5.92 Å². The zero-order chi connectivity index (χ0) is 20.2. The van der Waals surface area contributed by atoms with Gasteiger partial charge in [-0.1, -0.05) is 6.92 Å². The Hall–Kier alpha value is -2.67. The van der Waals surface area contributed by atoms with Crippen molar-refractivity contribution in [2.75, 3.05) is 49.6 Å². The molecule has 3 heterocycles. The minimum Gasteiger partial charge on any atom is -0.378 e. The number of piperidine rings is 1. The molecule has 2 fully saturated rings. The van der Waals surface area contributed by atoms with E-state index < -0.39 is 0 Å². The van der Waals surface area contributed by atoms with E-state index in [0.717, 1.165) is 30.4 Å². The standard InChI is InChI=1S/C22H29N5O2/c1-16-7-9-26(10-8-16)19-5-3-18(4-6-19)24-22-23-17(2)15-20(25-22)21(28)27-11-13-29-14-12-27/h3-6,15-16H,7-14H2,1-2H3,(H,23,24,25). The predicted octanol–water partition coefficient (Wildman–Crippen LogP) is 3.24. The van der Waals surface area contributed by atoms with Crippen molar-refractivity contribution < 1.29 is 9.53 Å². The normalized spacial score (nSPS) is 18.0. The van der Waals surface area contributed by atoms with Crippen molar-refractivity contribution in [1.29, 1.82) is 0 Å². The lowest BCUT2D eigenvalue weighted by atomic mass is 9.99. The molecular weight excluding hydrogens is 366 g/mol. The summed E-state index contributed by atoms with van der Waals surface area (Å²) in [6.07, 6.45) is 2.49. The monoisotopic (exact) mass is 395 g/mol.